The van der Waals surface area contributed by atoms with Gasteiger partial charge < -0.3 is 4.52 Å². The number of fused-ring (bicyclic) bond motifs is 1. The first-order valence-corrected chi connectivity index (χ1v) is 6.22. The first-order chi connectivity index (χ1) is 10.4. The van der Waals surface area contributed by atoms with Crippen LogP contribution in [-0.4, -0.2) is 20.4 Å². The third kappa shape index (κ3) is 2.50. The van der Waals surface area contributed by atoms with Crippen LogP contribution >= 0.6 is 11.6 Å². The highest BCUT2D eigenvalue weighted by molar-refractivity contribution is 6.33. The summed E-state index contributed by atoms with van der Waals surface area (Å²) in [5.41, 5.74) is -0.847. The van der Waals surface area contributed by atoms with Gasteiger partial charge in [0.25, 0.3) is 5.91 Å². The Kier molecular flexibility index (Phi) is 3.28. The van der Waals surface area contributed by atoms with Crippen molar-refractivity contribution in [1.82, 2.24) is 14.5 Å². The maximum absolute atomic E-state index is 12.4. The monoisotopic (exact) mass is 330 g/mol. The van der Waals surface area contributed by atoms with E-state index in [9.17, 15) is 18.0 Å². The predicted octanol–water partition coefficient (Wildman–Crippen LogP) is 3.25. The summed E-state index contributed by atoms with van der Waals surface area (Å²) in [4.78, 5) is 16.1. The SMILES string of the molecule is O=C(Nc1cc(C(F)(F)F)no1)c1c(Cl)nc2ccccn12. The molecule has 6 nitrogen and oxygen atoms in total. The second kappa shape index (κ2) is 5.02. The zero-order valence-corrected chi connectivity index (χ0v) is 11.3. The van der Waals surface area contributed by atoms with E-state index in [0.717, 1.165) is 0 Å². The van der Waals surface area contributed by atoms with E-state index in [0.29, 0.717) is 11.7 Å². The standard InChI is InChI=1S/C12H6ClF3N4O2/c13-10-9(20-4-2-1-3-7(20)17-10)11(21)18-8-5-6(19-22-8)12(14,15)16/h1-5H,(H,18,21). The van der Waals surface area contributed by atoms with Gasteiger partial charge >= 0.3 is 6.18 Å². The van der Waals surface area contributed by atoms with Crippen LogP contribution in [0.3, 0.4) is 0 Å². The van der Waals surface area contributed by atoms with E-state index in [1.54, 1.807) is 24.4 Å². The lowest BCUT2D eigenvalue weighted by Gasteiger charge is -2.01. The summed E-state index contributed by atoms with van der Waals surface area (Å²) in [6, 6.07) is 5.55. The lowest BCUT2D eigenvalue weighted by Crippen LogP contribution is -2.14. The van der Waals surface area contributed by atoms with Crippen LogP contribution in [0, 0.1) is 0 Å². The van der Waals surface area contributed by atoms with Crippen molar-refractivity contribution in [3.8, 4) is 0 Å². The number of pyridine rings is 1. The van der Waals surface area contributed by atoms with Gasteiger partial charge in [-0.25, -0.2) is 4.98 Å². The van der Waals surface area contributed by atoms with Crippen molar-refractivity contribution >= 4 is 29.0 Å². The zero-order chi connectivity index (χ0) is 15.9. The maximum Gasteiger partial charge on any atom is 0.436 e. The molecule has 0 aromatic carbocycles. The van der Waals surface area contributed by atoms with Crippen LogP contribution < -0.4 is 5.32 Å². The number of hydrogen-bond acceptors (Lipinski definition) is 4. The molecule has 3 heterocycles. The third-order valence-corrected chi connectivity index (χ3v) is 3.00. The molecule has 0 radical (unpaired) electrons. The molecule has 3 aromatic heterocycles. The smallest absolute Gasteiger partial charge is 0.338 e. The molecule has 114 valence electrons. The summed E-state index contributed by atoms with van der Waals surface area (Å²) in [5, 5.41) is 4.91. The van der Waals surface area contributed by atoms with Crippen molar-refractivity contribution in [2.24, 2.45) is 0 Å². The molecular weight excluding hydrogens is 325 g/mol. The highest BCUT2D eigenvalue weighted by Crippen LogP contribution is 2.30. The van der Waals surface area contributed by atoms with Crippen molar-refractivity contribution in [2.45, 2.75) is 6.18 Å². The van der Waals surface area contributed by atoms with E-state index in [-0.39, 0.29) is 10.8 Å². The first kappa shape index (κ1) is 14.4. The molecule has 0 bridgehead atoms. The Hall–Kier alpha value is -2.55. The molecule has 0 spiro atoms. The number of nitrogens with zero attached hydrogens (tertiary/aromatic N) is 3. The van der Waals surface area contributed by atoms with Crippen molar-refractivity contribution in [1.29, 1.82) is 0 Å². The number of alkyl halides is 3. The minimum Gasteiger partial charge on any atom is -0.338 e. The van der Waals surface area contributed by atoms with Crippen molar-refractivity contribution in [3.63, 3.8) is 0 Å². The molecule has 0 aliphatic heterocycles. The van der Waals surface area contributed by atoms with E-state index < -0.39 is 23.7 Å². The molecule has 0 atom stereocenters. The number of anilines is 1. The van der Waals surface area contributed by atoms with Gasteiger partial charge in [-0.05, 0) is 12.1 Å². The summed E-state index contributed by atoms with van der Waals surface area (Å²) in [7, 11) is 0. The molecule has 1 N–H and O–H groups in total. The van der Waals surface area contributed by atoms with Crippen molar-refractivity contribution < 1.29 is 22.5 Å². The third-order valence-electron chi connectivity index (χ3n) is 2.74. The van der Waals surface area contributed by atoms with Crippen LogP contribution in [0.5, 0.6) is 0 Å². The first-order valence-electron chi connectivity index (χ1n) is 5.84. The highest BCUT2D eigenvalue weighted by Gasteiger charge is 2.35. The number of hydrogen-bond donors (Lipinski definition) is 1. The van der Waals surface area contributed by atoms with Crippen molar-refractivity contribution in [2.75, 3.05) is 5.32 Å². The van der Waals surface area contributed by atoms with Crippen LogP contribution in [0.1, 0.15) is 16.2 Å². The number of nitrogens with one attached hydrogen (secondary N) is 1. The number of amides is 1. The zero-order valence-electron chi connectivity index (χ0n) is 10.6. The number of carbonyl (C=O) groups excluding carboxylic acids is 1. The second-order valence-corrected chi connectivity index (χ2v) is 4.57. The summed E-state index contributed by atoms with van der Waals surface area (Å²) >= 11 is 5.89. The molecule has 1 amide bonds. The van der Waals surface area contributed by atoms with Gasteiger partial charge in [0, 0.05) is 12.3 Å². The Balaban J connectivity index is 1.91. The molecule has 0 fully saturated rings. The Bertz CT molecular complexity index is 856. The molecular formula is C12H6ClF3N4O2. The predicted molar refractivity (Wildman–Crippen MR) is 69.7 cm³/mol. The minimum absolute atomic E-state index is 0.0257. The summed E-state index contributed by atoms with van der Waals surface area (Å²) in [6.45, 7) is 0. The molecule has 0 unspecified atom stereocenters. The van der Waals surface area contributed by atoms with E-state index >= 15 is 0 Å². The van der Waals surface area contributed by atoms with E-state index in [1.165, 1.54) is 4.40 Å². The number of imidazole rings is 1. The molecule has 0 aliphatic carbocycles. The molecule has 0 aliphatic rings. The van der Waals surface area contributed by atoms with Crippen LogP contribution in [-0.2, 0) is 6.18 Å². The Morgan fingerprint density at radius 3 is 2.82 bits per heavy atom. The lowest BCUT2D eigenvalue weighted by molar-refractivity contribution is -0.142. The molecule has 3 aromatic rings. The van der Waals surface area contributed by atoms with Gasteiger partial charge in [-0.2, -0.15) is 13.2 Å². The van der Waals surface area contributed by atoms with Crippen LogP contribution in [0.4, 0.5) is 19.1 Å². The van der Waals surface area contributed by atoms with Gasteiger partial charge in [0.15, 0.2) is 16.5 Å². The maximum atomic E-state index is 12.4. The Labute approximate surface area is 125 Å². The Morgan fingerprint density at radius 2 is 2.14 bits per heavy atom. The summed E-state index contributed by atoms with van der Waals surface area (Å²) in [6.07, 6.45) is -3.11. The van der Waals surface area contributed by atoms with E-state index in [2.05, 4.69) is 20.0 Å². The van der Waals surface area contributed by atoms with Crippen LogP contribution in [0.25, 0.3) is 5.65 Å². The van der Waals surface area contributed by atoms with Gasteiger partial charge in [0.1, 0.15) is 5.65 Å². The van der Waals surface area contributed by atoms with Crippen LogP contribution in [0.15, 0.2) is 35.0 Å². The molecule has 0 saturated heterocycles. The Morgan fingerprint density at radius 1 is 1.36 bits per heavy atom. The average Bonchev–Trinajstić information content (AvgIpc) is 3.01. The van der Waals surface area contributed by atoms with E-state index in [4.69, 9.17) is 11.6 Å². The normalized spacial score (nSPS) is 11.8. The summed E-state index contributed by atoms with van der Waals surface area (Å²) in [5.74, 6) is -1.21. The average molecular weight is 331 g/mol. The molecule has 0 saturated carbocycles. The fourth-order valence-corrected chi connectivity index (χ4v) is 2.07. The second-order valence-electron chi connectivity index (χ2n) is 4.21. The van der Waals surface area contributed by atoms with Gasteiger partial charge in [-0.3, -0.25) is 14.5 Å². The summed E-state index contributed by atoms with van der Waals surface area (Å²) < 4.78 is 43.1. The highest BCUT2D eigenvalue weighted by atomic mass is 35.5. The molecule has 3 rings (SSSR count). The van der Waals surface area contributed by atoms with Crippen LogP contribution in [0.2, 0.25) is 5.15 Å². The lowest BCUT2D eigenvalue weighted by atomic mass is 10.4. The fourth-order valence-electron chi connectivity index (χ4n) is 1.81. The van der Waals surface area contributed by atoms with Gasteiger partial charge in [-0.1, -0.05) is 22.8 Å². The topological polar surface area (TPSA) is 72.4 Å². The van der Waals surface area contributed by atoms with Gasteiger partial charge in [0.2, 0.25) is 5.88 Å². The minimum atomic E-state index is -4.66. The van der Waals surface area contributed by atoms with Gasteiger partial charge in [-0.15, -0.1) is 0 Å². The number of aromatic nitrogens is 3. The van der Waals surface area contributed by atoms with Crippen molar-refractivity contribution in [3.05, 3.63) is 47.0 Å². The fraction of sp³-hybridized carbons (Fsp3) is 0.0833. The number of rotatable bonds is 2. The largest absolute Gasteiger partial charge is 0.436 e. The van der Waals surface area contributed by atoms with Gasteiger partial charge in [0.05, 0.1) is 0 Å². The molecule has 10 heteroatoms. The van der Waals surface area contributed by atoms with E-state index in [1.807, 2.05) is 0 Å². The quantitative estimate of drug-likeness (QED) is 0.783. The number of halogens is 4. The molecule has 22 heavy (non-hydrogen) atoms. The number of carbonyl (C=O) groups is 1.